The standard InChI is InChI=1S/C57H104O5/c1-4-7-10-13-16-19-22-25-27-28-29-30-32-33-35-38-41-44-47-50-56(58)61-54-55(53-60-52-49-46-43-40-37-24-21-18-15-12-9-6-3)62-57(59)51-48-45-42-39-36-34-31-26-23-20-17-14-11-8-5-2/h16-17,19-20,25-27,31,55H,4-15,18,21-24,28-30,32-54H2,1-3H3/b19-16-,20-17-,27-25-,31-26-. The van der Waals surface area contributed by atoms with E-state index in [2.05, 4.69) is 69.4 Å². The highest BCUT2D eigenvalue weighted by Crippen LogP contribution is 2.15. The molecule has 1 unspecified atom stereocenters. The molecule has 0 aromatic heterocycles. The van der Waals surface area contributed by atoms with E-state index in [4.69, 9.17) is 14.2 Å². The Bertz CT molecular complexity index is 1030. The zero-order valence-corrected chi connectivity index (χ0v) is 41.6. The molecule has 0 aromatic rings. The lowest BCUT2D eigenvalue weighted by molar-refractivity contribution is -0.163. The molecule has 0 aliphatic carbocycles. The van der Waals surface area contributed by atoms with Crippen LogP contribution in [0.3, 0.4) is 0 Å². The first kappa shape index (κ1) is 59.9. The smallest absolute Gasteiger partial charge is 0.306 e. The molecule has 5 heteroatoms. The molecule has 0 radical (unpaired) electrons. The Balaban J connectivity index is 4.24. The lowest BCUT2D eigenvalue weighted by Gasteiger charge is -2.18. The van der Waals surface area contributed by atoms with Gasteiger partial charge in [0, 0.05) is 19.4 Å². The molecule has 0 fully saturated rings. The molecule has 0 saturated heterocycles. The molecule has 0 saturated carbocycles. The van der Waals surface area contributed by atoms with Crippen LogP contribution in [-0.2, 0) is 23.8 Å². The van der Waals surface area contributed by atoms with Gasteiger partial charge in [0.2, 0.25) is 0 Å². The first-order valence-corrected chi connectivity index (χ1v) is 27.2. The summed E-state index contributed by atoms with van der Waals surface area (Å²) < 4.78 is 17.4. The van der Waals surface area contributed by atoms with E-state index in [1.54, 1.807) is 0 Å². The van der Waals surface area contributed by atoms with E-state index in [1.807, 2.05) is 0 Å². The maximum atomic E-state index is 12.8. The largest absolute Gasteiger partial charge is 0.462 e. The topological polar surface area (TPSA) is 61.8 Å². The van der Waals surface area contributed by atoms with Crippen LogP contribution in [0.2, 0.25) is 0 Å². The quantitative estimate of drug-likeness (QED) is 0.0346. The van der Waals surface area contributed by atoms with E-state index in [1.165, 1.54) is 186 Å². The van der Waals surface area contributed by atoms with Crippen LogP contribution in [0.25, 0.3) is 0 Å². The van der Waals surface area contributed by atoms with E-state index in [-0.39, 0.29) is 25.2 Å². The van der Waals surface area contributed by atoms with Gasteiger partial charge in [-0.2, -0.15) is 0 Å². The van der Waals surface area contributed by atoms with Crippen LogP contribution in [0, 0.1) is 0 Å². The number of hydrogen-bond donors (Lipinski definition) is 0. The number of unbranched alkanes of at least 4 members (excludes halogenated alkanes) is 31. The minimum atomic E-state index is -0.542. The molecule has 62 heavy (non-hydrogen) atoms. The Morgan fingerprint density at radius 1 is 0.355 bits per heavy atom. The Morgan fingerprint density at radius 2 is 0.677 bits per heavy atom. The lowest BCUT2D eigenvalue weighted by Crippen LogP contribution is -2.30. The Kier molecular flexibility index (Phi) is 51.4. The lowest BCUT2D eigenvalue weighted by atomic mass is 10.1. The van der Waals surface area contributed by atoms with Crippen LogP contribution >= 0.6 is 0 Å². The van der Waals surface area contributed by atoms with Crippen molar-refractivity contribution in [3.05, 3.63) is 48.6 Å². The van der Waals surface area contributed by atoms with Gasteiger partial charge in [-0.25, -0.2) is 0 Å². The molecule has 362 valence electrons. The number of hydrogen-bond acceptors (Lipinski definition) is 5. The molecule has 0 aromatic carbocycles. The summed E-state index contributed by atoms with van der Waals surface area (Å²) in [6.45, 7) is 7.80. The van der Waals surface area contributed by atoms with Gasteiger partial charge in [-0.3, -0.25) is 9.59 Å². The van der Waals surface area contributed by atoms with Crippen LogP contribution < -0.4 is 0 Å². The van der Waals surface area contributed by atoms with E-state index in [0.29, 0.717) is 19.4 Å². The summed E-state index contributed by atoms with van der Waals surface area (Å²) in [7, 11) is 0. The van der Waals surface area contributed by atoms with Crippen molar-refractivity contribution in [2.75, 3.05) is 19.8 Å². The number of carbonyl (C=O) groups is 2. The molecule has 5 nitrogen and oxygen atoms in total. The second-order valence-corrected chi connectivity index (χ2v) is 18.1. The van der Waals surface area contributed by atoms with Crippen LogP contribution in [-0.4, -0.2) is 37.9 Å². The molecule has 0 N–H and O–H groups in total. The van der Waals surface area contributed by atoms with Crippen LogP contribution in [0.5, 0.6) is 0 Å². The van der Waals surface area contributed by atoms with Gasteiger partial charge in [-0.15, -0.1) is 0 Å². The van der Waals surface area contributed by atoms with Gasteiger partial charge in [0.1, 0.15) is 6.61 Å². The van der Waals surface area contributed by atoms with Crippen LogP contribution in [0.1, 0.15) is 278 Å². The molecule has 1 atom stereocenters. The third-order valence-electron chi connectivity index (χ3n) is 11.8. The summed E-state index contributed by atoms with van der Waals surface area (Å²) in [5.41, 5.74) is 0. The van der Waals surface area contributed by atoms with Crippen molar-refractivity contribution in [3.63, 3.8) is 0 Å². The third-order valence-corrected chi connectivity index (χ3v) is 11.8. The molecule has 0 bridgehead atoms. The summed E-state index contributed by atoms with van der Waals surface area (Å²) in [5, 5.41) is 0. The van der Waals surface area contributed by atoms with Crippen molar-refractivity contribution in [1.82, 2.24) is 0 Å². The number of allylic oxidation sites excluding steroid dienone is 8. The highest BCUT2D eigenvalue weighted by atomic mass is 16.6. The summed E-state index contributed by atoms with van der Waals surface area (Å²) in [6.07, 6.45) is 65.4. The van der Waals surface area contributed by atoms with Gasteiger partial charge in [-0.1, -0.05) is 230 Å². The fourth-order valence-corrected chi connectivity index (χ4v) is 7.75. The van der Waals surface area contributed by atoms with Crippen molar-refractivity contribution in [1.29, 1.82) is 0 Å². The second kappa shape index (κ2) is 53.2. The van der Waals surface area contributed by atoms with Crippen molar-refractivity contribution in [2.24, 2.45) is 0 Å². The van der Waals surface area contributed by atoms with Gasteiger partial charge in [0.15, 0.2) is 6.10 Å². The first-order chi connectivity index (χ1) is 30.6. The first-order valence-electron chi connectivity index (χ1n) is 27.2. The maximum Gasteiger partial charge on any atom is 0.306 e. The van der Waals surface area contributed by atoms with Crippen molar-refractivity contribution in [3.8, 4) is 0 Å². The highest BCUT2D eigenvalue weighted by Gasteiger charge is 2.17. The van der Waals surface area contributed by atoms with E-state index >= 15 is 0 Å². The molecular weight excluding hydrogens is 765 g/mol. The molecule has 0 spiro atoms. The van der Waals surface area contributed by atoms with Gasteiger partial charge in [0.25, 0.3) is 0 Å². The summed E-state index contributed by atoms with van der Waals surface area (Å²) in [6, 6.07) is 0. The zero-order valence-electron chi connectivity index (χ0n) is 41.6. The van der Waals surface area contributed by atoms with E-state index in [0.717, 1.165) is 57.8 Å². The summed E-state index contributed by atoms with van der Waals surface area (Å²) >= 11 is 0. The maximum absolute atomic E-state index is 12.8. The second-order valence-electron chi connectivity index (χ2n) is 18.1. The van der Waals surface area contributed by atoms with E-state index in [9.17, 15) is 9.59 Å². The number of rotatable bonds is 50. The molecule has 0 rings (SSSR count). The molecule has 0 heterocycles. The van der Waals surface area contributed by atoms with E-state index < -0.39 is 6.10 Å². The van der Waals surface area contributed by atoms with Crippen LogP contribution in [0.4, 0.5) is 0 Å². The van der Waals surface area contributed by atoms with Crippen LogP contribution in [0.15, 0.2) is 48.6 Å². The Labute approximate surface area is 386 Å². The monoisotopic (exact) mass is 869 g/mol. The minimum Gasteiger partial charge on any atom is -0.462 e. The normalized spacial score (nSPS) is 12.5. The fraction of sp³-hybridized carbons (Fsp3) is 0.825. The predicted molar refractivity (Wildman–Crippen MR) is 270 cm³/mol. The number of ether oxygens (including phenoxy) is 3. The van der Waals surface area contributed by atoms with Crippen molar-refractivity contribution in [2.45, 2.75) is 284 Å². The molecule has 0 amide bonds. The molecular formula is C57H104O5. The van der Waals surface area contributed by atoms with Crippen molar-refractivity contribution < 1.29 is 23.8 Å². The fourth-order valence-electron chi connectivity index (χ4n) is 7.75. The van der Waals surface area contributed by atoms with Gasteiger partial charge < -0.3 is 14.2 Å². The average Bonchev–Trinajstić information content (AvgIpc) is 3.27. The third kappa shape index (κ3) is 50.5. The summed E-state index contributed by atoms with van der Waals surface area (Å²) in [5.74, 6) is -0.406. The van der Waals surface area contributed by atoms with Gasteiger partial charge in [0.05, 0.1) is 6.61 Å². The van der Waals surface area contributed by atoms with Gasteiger partial charge >= 0.3 is 11.9 Å². The molecule has 0 aliphatic rings. The highest BCUT2D eigenvalue weighted by molar-refractivity contribution is 5.70. The zero-order chi connectivity index (χ0) is 44.9. The number of carbonyl (C=O) groups excluding carboxylic acids is 2. The Morgan fingerprint density at radius 3 is 1.10 bits per heavy atom. The minimum absolute atomic E-state index is 0.0805. The van der Waals surface area contributed by atoms with Gasteiger partial charge in [-0.05, 0) is 83.5 Å². The molecule has 0 aliphatic heterocycles. The Hall–Kier alpha value is -2.14. The van der Waals surface area contributed by atoms with Crippen molar-refractivity contribution >= 4 is 11.9 Å². The summed E-state index contributed by atoms with van der Waals surface area (Å²) in [4.78, 5) is 25.4. The number of esters is 2. The predicted octanol–water partition coefficient (Wildman–Crippen LogP) is 18.3. The average molecular weight is 869 g/mol. The SMILES string of the molecule is CCCCC/C=C\C/C=C\CCCCCCCCCCCC(=O)OCC(COCCCCCCCCCCCCCC)OC(=O)CCCCCCC/C=C\C/C=C\CCCCC.